The van der Waals surface area contributed by atoms with Crippen LogP contribution in [0.3, 0.4) is 0 Å². The molecule has 0 aromatic heterocycles. The van der Waals surface area contributed by atoms with Crippen LogP contribution in [0, 0.1) is 0 Å². The van der Waals surface area contributed by atoms with Crippen molar-refractivity contribution in [1.82, 2.24) is 0 Å². The van der Waals surface area contributed by atoms with Crippen molar-refractivity contribution in [2.45, 2.75) is 6.29 Å². The molecule has 4 heteroatoms. The van der Waals surface area contributed by atoms with E-state index in [-0.39, 0.29) is 6.29 Å². The van der Waals surface area contributed by atoms with Crippen LogP contribution in [0.2, 0.25) is 0 Å². The maximum atomic E-state index is 5.53. The van der Waals surface area contributed by atoms with Crippen molar-refractivity contribution in [3.63, 3.8) is 0 Å². The van der Waals surface area contributed by atoms with E-state index in [1.807, 2.05) is 36.5 Å². The van der Waals surface area contributed by atoms with E-state index in [1.54, 1.807) is 0 Å². The minimum Gasteiger partial charge on any atom is -0.346 e. The fourth-order valence-electron chi connectivity index (χ4n) is 2.84. The van der Waals surface area contributed by atoms with E-state index in [4.69, 9.17) is 9.47 Å². The average molecular weight is 344 g/mol. The zero-order valence-electron chi connectivity index (χ0n) is 14.3. The van der Waals surface area contributed by atoms with Crippen LogP contribution >= 0.6 is 0 Å². The lowest BCUT2D eigenvalue weighted by Gasteiger charge is -2.10. The minimum atomic E-state index is -0.222. The van der Waals surface area contributed by atoms with E-state index in [9.17, 15) is 0 Å². The third-order valence-corrected chi connectivity index (χ3v) is 4.23. The molecule has 1 aliphatic heterocycles. The Bertz CT molecular complexity index is 853. The van der Waals surface area contributed by atoms with Gasteiger partial charge in [-0.15, -0.1) is 0 Å². The van der Waals surface area contributed by atoms with Gasteiger partial charge in [-0.05, 0) is 28.8 Å². The van der Waals surface area contributed by atoms with Gasteiger partial charge in [0.25, 0.3) is 0 Å². The van der Waals surface area contributed by atoms with Crippen LogP contribution in [0.1, 0.15) is 17.4 Å². The standard InChI is InChI=1S/C22H20N2O2/c1-2-4-21(5-3-1)24-23-16-17-6-8-18(9-7-17)19-10-12-20(13-11-19)22-25-14-15-26-22/h1-13,16,22,24H,14-15H2. The van der Waals surface area contributed by atoms with E-state index in [1.165, 1.54) is 0 Å². The van der Waals surface area contributed by atoms with Crippen molar-refractivity contribution in [2.24, 2.45) is 5.10 Å². The van der Waals surface area contributed by atoms with Crippen molar-refractivity contribution >= 4 is 11.9 Å². The first-order valence-electron chi connectivity index (χ1n) is 8.66. The Hall–Kier alpha value is -2.95. The Morgan fingerprint density at radius 3 is 2.04 bits per heavy atom. The van der Waals surface area contributed by atoms with E-state index >= 15 is 0 Å². The number of nitrogens with zero attached hydrogens (tertiary/aromatic N) is 1. The molecule has 1 fully saturated rings. The maximum Gasteiger partial charge on any atom is 0.184 e. The quantitative estimate of drug-likeness (QED) is 0.532. The van der Waals surface area contributed by atoms with Crippen LogP contribution < -0.4 is 5.43 Å². The van der Waals surface area contributed by atoms with Gasteiger partial charge in [-0.3, -0.25) is 5.43 Å². The molecule has 0 atom stereocenters. The molecular formula is C22H20N2O2. The molecule has 130 valence electrons. The summed E-state index contributed by atoms with van der Waals surface area (Å²) in [5, 5.41) is 4.27. The number of benzene rings is 3. The maximum absolute atomic E-state index is 5.53. The Kier molecular flexibility index (Phi) is 5.05. The van der Waals surface area contributed by atoms with Gasteiger partial charge in [0.2, 0.25) is 0 Å². The van der Waals surface area contributed by atoms with Crippen molar-refractivity contribution in [1.29, 1.82) is 0 Å². The van der Waals surface area contributed by atoms with Crippen LogP contribution in [-0.2, 0) is 9.47 Å². The number of para-hydroxylation sites is 1. The molecule has 0 aliphatic carbocycles. The monoisotopic (exact) mass is 344 g/mol. The second kappa shape index (κ2) is 7.95. The highest BCUT2D eigenvalue weighted by Gasteiger charge is 2.17. The molecule has 0 bridgehead atoms. The van der Waals surface area contributed by atoms with Crippen molar-refractivity contribution in [3.8, 4) is 11.1 Å². The SMILES string of the molecule is C(=NNc1ccccc1)c1ccc(-c2ccc(C3OCCO3)cc2)cc1. The predicted molar refractivity (Wildman–Crippen MR) is 104 cm³/mol. The first-order valence-corrected chi connectivity index (χ1v) is 8.66. The molecule has 0 unspecified atom stereocenters. The van der Waals surface area contributed by atoms with E-state index in [0.717, 1.165) is 27.9 Å². The summed E-state index contributed by atoms with van der Waals surface area (Å²) >= 11 is 0. The summed E-state index contributed by atoms with van der Waals surface area (Å²) in [5.74, 6) is 0. The molecule has 1 saturated heterocycles. The third-order valence-electron chi connectivity index (χ3n) is 4.23. The van der Waals surface area contributed by atoms with E-state index in [2.05, 4.69) is 59.1 Å². The van der Waals surface area contributed by atoms with Crippen molar-refractivity contribution < 1.29 is 9.47 Å². The van der Waals surface area contributed by atoms with Gasteiger partial charge in [0.1, 0.15) is 0 Å². The number of nitrogens with one attached hydrogen (secondary N) is 1. The van der Waals surface area contributed by atoms with Gasteiger partial charge >= 0.3 is 0 Å². The molecule has 4 nitrogen and oxygen atoms in total. The number of anilines is 1. The zero-order valence-corrected chi connectivity index (χ0v) is 14.3. The largest absolute Gasteiger partial charge is 0.346 e. The molecule has 1 heterocycles. The molecule has 0 amide bonds. The van der Waals surface area contributed by atoms with Crippen molar-refractivity contribution in [3.05, 3.63) is 90.0 Å². The van der Waals surface area contributed by atoms with Gasteiger partial charge in [-0.1, -0.05) is 66.7 Å². The molecule has 1 N–H and O–H groups in total. The molecular weight excluding hydrogens is 324 g/mol. The predicted octanol–water partition coefficient (Wildman–Crippen LogP) is 4.85. The molecule has 3 aromatic carbocycles. The summed E-state index contributed by atoms with van der Waals surface area (Å²) in [4.78, 5) is 0. The minimum absolute atomic E-state index is 0.222. The highest BCUT2D eigenvalue weighted by molar-refractivity contribution is 5.81. The average Bonchev–Trinajstić information content (AvgIpc) is 3.24. The second-order valence-electron chi connectivity index (χ2n) is 6.05. The summed E-state index contributed by atoms with van der Waals surface area (Å²) in [6, 6.07) is 26.5. The highest BCUT2D eigenvalue weighted by atomic mass is 16.7. The third kappa shape index (κ3) is 3.99. The Morgan fingerprint density at radius 2 is 1.38 bits per heavy atom. The first kappa shape index (κ1) is 16.5. The molecule has 4 rings (SSSR count). The number of rotatable bonds is 5. The van der Waals surface area contributed by atoms with Gasteiger partial charge in [-0.25, -0.2) is 0 Å². The van der Waals surface area contributed by atoms with Gasteiger partial charge in [-0.2, -0.15) is 5.10 Å². The van der Waals surface area contributed by atoms with Gasteiger partial charge in [0.05, 0.1) is 25.1 Å². The molecule has 0 saturated carbocycles. The lowest BCUT2D eigenvalue weighted by Crippen LogP contribution is -1.97. The van der Waals surface area contributed by atoms with Crippen LogP contribution in [0.25, 0.3) is 11.1 Å². The summed E-state index contributed by atoms with van der Waals surface area (Å²) in [5.41, 5.74) is 8.42. The summed E-state index contributed by atoms with van der Waals surface area (Å²) in [6.07, 6.45) is 1.59. The van der Waals surface area contributed by atoms with Crippen LogP contribution in [0.15, 0.2) is 84.0 Å². The number of hydrogen-bond donors (Lipinski definition) is 1. The summed E-state index contributed by atoms with van der Waals surface area (Å²) in [6.45, 7) is 1.32. The lowest BCUT2D eigenvalue weighted by atomic mass is 10.0. The van der Waals surface area contributed by atoms with Crippen LogP contribution in [0.4, 0.5) is 5.69 Å². The van der Waals surface area contributed by atoms with Gasteiger partial charge < -0.3 is 9.47 Å². The van der Waals surface area contributed by atoms with Crippen molar-refractivity contribution in [2.75, 3.05) is 18.6 Å². The summed E-state index contributed by atoms with van der Waals surface area (Å²) in [7, 11) is 0. The fraction of sp³-hybridized carbons (Fsp3) is 0.136. The lowest BCUT2D eigenvalue weighted by molar-refractivity contribution is -0.0441. The van der Waals surface area contributed by atoms with Crippen LogP contribution in [0.5, 0.6) is 0 Å². The van der Waals surface area contributed by atoms with E-state index in [0.29, 0.717) is 13.2 Å². The Morgan fingerprint density at radius 1 is 0.769 bits per heavy atom. The zero-order chi connectivity index (χ0) is 17.6. The van der Waals surface area contributed by atoms with E-state index < -0.39 is 0 Å². The number of hydrogen-bond acceptors (Lipinski definition) is 4. The Labute approximate surface area is 153 Å². The number of ether oxygens (including phenoxy) is 2. The fourth-order valence-corrected chi connectivity index (χ4v) is 2.84. The van der Waals surface area contributed by atoms with Crippen LogP contribution in [-0.4, -0.2) is 19.4 Å². The normalized spacial score (nSPS) is 14.8. The molecule has 26 heavy (non-hydrogen) atoms. The molecule has 0 radical (unpaired) electrons. The second-order valence-corrected chi connectivity index (χ2v) is 6.05. The number of hydrazone groups is 1. The topological polar surface area (TPSA) is 42.9 Å². The first-order chi connectivity index (χ1) is 12.9. The Balaban J connectivity index is 1.40. The highest BCUT2D eigenvalue weighted by Crippen LogP contribution is 2.26. The van der Waals surface area contributed by atoms with Gasteiger partial charge in [0, 0.05) is 5.56 Å². The molecule has 1 aliphatic rings. The molecule has 3 aromatic rings. The summed E-state index contributed by atoms with van der Waals surface area (Å²) < 4.78 is 11.1. The van der Waals surface area contributed by atoms with Gasteiger partial charge in [0.15, 0.2) is 6.29 Å². The molecule has 0 spiro atoms. The smallest absolute Gasteiger partial charge is 0.184 e.